The molecule has 0 aliphatic carbocycles. The molecule has 0 aliphatic rings. The van der Waals surface area contributed by atoms with Crippen LogP contribution in [0.1, 0.15) is 10.4 Å². The number of carbonyl (C=O) groups excluding carboxylic acids is 1. The van der Waals surface area contributed by atoms with Crippen molar-refractivity contribution in [1.29, 1.82) is 0 Å². The van der Waals surface area contributed by atoms with E-state index in [4.69, 9.17) is 8.83 Å². The number of rotatable bonds is 5. The van der Waals surface area contributed by atoms with Gasteiger partial charge in [-0.3, -0.25) is 4.79 Å². The van der Waals surface area contributed by atoms with E-state index in [1.165, 1.54) is 0 Å². The molecule has 0 spiro atoms. The SMILES string of the molecule is CNc1ccccc1C(=O)Nc1cccc(-c2nnc(-c3ccco3)o2)c1. The zero-order valence-electron chi connectivity index (χ0n) is 14.5. The molecule has 27 heavy (non-hydrogen) atoms. The Labute approximate surface area is 155 Å². The Balaban J connectivity index is 1.57. The summed E-state index contributed by atoms with van der Waals surface area (Å²) in [6, 6.07) is 18.0. The highest BCUT2D eigenvalue weighted by molar-refractivity contribution is 6.08. The van der Waals surface area contributed by atoms with Gasteiger partial charge in [0.15, 0.2) is 5.76 Å². The van der Waals surface area contributed by atoms with E-state index in [2.05, 4.69) is 20.8 Å². The number of aromatic nitrogens is 2. The lowest BCUT2D eigenvalue weighted by atomic mass is 10.1. The molecule has 4 aromatic rings. The predicted molar refractivity (Wildman–Crippen MR) is 101 cm³/mol. The zero-order chi connectivity index (χ0) is 18.6. The molecule has 134 valence electrons. The van der Waals surface area contributed by atoms with Crippen LogP contribution in [0.25, 0.3) is 23.1 Å². The first-order chi connectivity index (χ1) is 13.2. The van der Waals surface area contributed by atoms with Crippen molar-refractivity contribution < 1.29 is 13.6 Å². The monoisotopic (exact) mass is 360 g/mol. The van der Waals surface area contributed by atoms with E-state index in [0.717, 1.165) is 5.69 Å². The number of hydrogen-bond donors (Lipinski definition) is 2. The van der Waals surface area contributed by atoms with Crippen molar-refractivity contribution in [2.45, 2.75) is 0 Å². The molecule has 0 atom stereocenters. The fraction of sp³-hybridized carbons (Fsp3) is 0.0500. The van der Waals surface area contributed by atoms with Crippen LogP contribution in [0.3, 0.4) is 0 Å². The van der Waals surface area contributed by atoms with Crippen LogP contribution in [0.15, 0.2) is 75.8 Å². The number of furan rings is 1. The maximum Gasteiger partial charge on any atom is 0.283 e. The van der Waals surface area contributed by atoms with E-state index in [1.54, 1.807) is 43.6 Å². The van der Waals surface area contributed by atoms with Gasteiger partial charge in [-0.05, 0) is 42.5 Å². The molecular formula is C20H16N4O3. The quantitative estimate of drug-likeness (QED) is 0.551. The van der Waals surface area contributed by atoms with Crippen molar-refractivity contribution in [3.8, 4) is 23.1 Å². The molecule has 7 nitrogen and oxygen atoms in total. The maximum absolute atomic E-state index is 12.6. The number of para-hydroxylation sites is 1. The summed E-state index contributed by atoms with van der Waals surface area (Å²) < 4.78 is 10.9. The van der Waals surface area contributed by atoms with Gasteiger partial charge < -0.3 is 19.5 Å². The Morgan fingerprint density at radius 3 is 2.63 bits per heavy atom. The number of nitrogens with zero attached hydrogens (tertiary/aromatic N) is 2. The number of benzene rings is 2. The summed E-state index contributed by atoms with van der Waals surface area (Å²) in [7, 11) is 1.78. The fourth-order valence-electron chi connectivity index (χ4n) is 2.67. The van der Waals surface area contributed by atoms with Crippen molar-refractivity contribution in [1.82, 2.24) is 10.2 Å². The minimum Gasteiger partial charge on any atom is -0.459 e. The standard InChI is InChI=1S/C20H16N4O3/c1-21-16-9-3-2-8-15(16)18(25)22-14-7-4-6-13(12-14)19-23-24-20(27-19)17-10-5-11-26-17/h2-12,21H,1H3,(H,22,25). The number of nitrogens with one attached hydrogen (secondary N) is 2. The van der Waals surface area contributed by atoms with Crippen LogP contribution in [-0.4, -0.2) is 23.2 Å². The average Bonchev–Trinajstić information content (AvgIpc) is 3.39. The molecule has 0 aliphatic heterocycles. The summed E-state index contributed by atoms with van der Waals surface area (Å²) >= 11 is 0. The number of carbonyl (C=O) groups is 1. The van der Waals surface area contributed by atoms with Gasteiger partial charge >= 0.3 is 0 Å². The maximum atomic E-state index is 12.6. The second kappa shape index (κ2) is 7.17. The number of anilines is 2. The van der Waals surface area contributed by atoms with Gasteiger partial charge in [-0.15, -0.1) is 10.2 Å². The summed E-state index contributed by atoms with van der Waals surface area (Å²) in [5, 5.41) is 13.9. The normalized spacial score (nSPS) is 10.6. The second-order valence-electron chi connectivity index (χ2n) is 5.72. The highest BCUT2D eigenvalue weighted by Gasteiger charge is 2.14. The lowest BCUT2D eigenvalue weighted by Crippen LogP contribution is -2.13. The topological polar surface area (TPSA) is 93.2 Å². The molecule has 2 aromatic carbocycles. The molecule has 0 unspecified atom stereocenters. The van der Waals surface area contributed by atoms with E-state index < -0.39 is 0 Å². The fourth-order valence-corrected chi connectivity index (χ4v) is 2.67. The van der Waals surface area contributed by atoms with Crippen LogP contribution >= 0.6 is 0 Å². The molecule has 1 amide bonds. The molecule has 4 rings (SSSR count). The summed E-state index contributed by atoms with van der Waals surface area (Å²) in [5.41, 5.74) is 2.63. The lowest BCUT2D eigenvalue weighted by Gasteiger charge is -2.10. The van der Waals surface area contributed by atoms with Crippen molar-refractivity contribution in [3.63, 3.8) is 0 Å². The van der Waals surface area contributed by atoms with Crippen molar-refractivity contribution >= 4 is 17.3 Å². The van der Waals surface area contributed by atoms with Gasteiger partial charge in [0.05, 0.1) is 11.8 Å². The van der Waals surface area contributed by atoms with E-state index >= 15 is 0 Å². The number of amides is 1. The van der Waals surface area contributed by atoms with Gasteiger partial charge in [-0.1, -0.05) is 18.2 Å². The van der Waals surface area contributed by atoms with Crippen LogP contribution in [0.5, 0.6) is 0 Å². The van der Waals surface area contributed by atoms with Gasteiger partial charge in [-0.25, -0.2) is 0 Å². The summed E-state index contributed by atoms with van der Waals surface area (Å²) in [5.74, 6) is 0.932. The Hall–Kier alpha value is -3.87. The van der Waals surface area contributed by atoms with Gasteiger partial charge in [0.2, 0.25) is 5.89 Å². The Morgan fingerprint density at radius 2 is 1.81 bits per heavy atom. The third-order valence-corrected chi connectivity index (χ3v) is 3.97. The largest absolute Gasteiger partial charge is 0.459 e. The average molecular weight is 360 g/mol. The molecule has 7 heteroatoms. The summed E-state index contributed by atoms with van der Waals surface area (Å²) in [6.45, 7) is 0. The molecule has 0 saturated heterocycles. The van der Waals surface area contributed by atoms with E-state index in [1.807, 2.05) is 30.3 Å². The smallest absolute Gasteiger partial charge is 0.283 e. The van der Waals surface area contributed by atoms with Crippen LogP contribution in [-0.2, 0) is 0 Å². The predicted octanol–water partition coefficient (Wildman–Crippen LogP) is 4.29. The molecule has 2 N–H and O–H groups in total. The van der Waals surface area contributed by atoms with Crippen LogP contribution in [0.2, 0.25) is 0 Å². The Kier molecular flexibility index (Phi) is 4.40. The minimum absolute atomic E-state index is 0.209. The zero-order valence-corrected chi connectivity index (χ0v) is 14.5. The first kappa shape index (κ1) is 16.6. The second-order valence-corrected chi connectivity index (χ2v) is 5.72. The summed E-state index contributed by atoms with van der Waals surface area (Å²) in [4.78, 5) is 12.6. The third-order valence-electron chi connectivity index (χ3n) is 3.97. The van der Waals surface area contributed by atoms with E-state index in [-0.39, 0.29) is 5.91 Å². The van der Waals surface area contributed by atoms with E-state index in [0.29, 0.717) is 34.4 Å². The molecule has 0 saturated carbocycles. The van der Waals surface area contributed by atoms with Gasteiger partial charge in [0, 0.05) is 24.0 Å². The molecule has 0 fully saturated rings. The molecular weight excluding hydrogens is 344 g/mol. The third kappa shape index (κ3) is 3.43. The Bertz CT molecular complexity index is 1070. The summed E-state index contributed by atoms with van der Waals surface area (Å²) in [6.07, 6.45) is 1.54. The molecule has 0 bridgehead atoms. The van der Waals surface area contributed by atoms with Gasteiger partial charge in [0.1, 0.15) is 0 Å². The number of hydrogen-bond acceptors (Lipinski definition) is 6. The van der Waals surface area contributed by atoms with Crippen molar-refractivity contribution in [3.05, 3.63) is 72.5 Å². The molecule has 2 heterocycles. The van der Waals surface area contributed by atoms with Crippen LogP contribution < -0.4 is 10.6 Å². The molecule has 2 aromatic heterocycles. The Morgan fingerprint density at radius 1 is 0.963 bits per heavy atom. The highest BCUT2D eigenvalue weighted by Crippen LogP contribution is 2.26. The van der Waals surface area contributed by atoms with Crippen LogP contribution in [0.4, 0.5) is 11.4 Å². The van der Waals surface area contributed by atoms with Crippen LogP contribution in [0, 0.1) is 0 Å². The first-order valence-corrected chi connectivity index (χ1v) is 8.30. The minimum atomic E-state index is -0.209. The molecule has 0 radical (unpaired) electrons. The van der Waals surface area contributed by atoms with Crippen molar-refractivity contribution in [2.24, 2.45) is 0 Å². The van der Waals surface area contributed by atoms with Gasteiger partial charge in [-0.2, -0.15) is 0 Å². The van der Waals surface area contributed by atoms with Crippen molar-refractivity contribution in [2.75, 3.05) is 17.7 Å². The highest BCUT2D eigenvalue weighted by atomic mass is 16.4. The van der Waals surface area contributed by atoms with E-state index in [9.17, 15) is 4.79 Å². The van der Waals surface area contributed by atoms with Gasteiger partial charge in [0.25, 0.3) is 11.8 Å². The lowest BCUT2D eigenvalue weighted by molar-refractivity contribution is 0.102. The first-order valence-electron chi connectivity index (χ1n) is 8.30.